The molecule has 18 heavy (non-hydrogen) atoms. The van der Waals surface area contributed by atoms with Gasteiger partial charge in [0.25, 0.3) is 0 Å². The maximum absolute atomic E-state index is 11.9. The van der Waals surface area contributed by atoms with E-state index in [9.17, 15) is 13.8 Å². The molecule has 0 saturated heterocycles. The zero-order chi connectivity index (χ0) is 13.5. The summed E-state index contributed by atoms with van der Waals surface area (Å²) in [5.41, 5.74) is 0.0646. The van der Waals surface area contributed by atoms with Gasteiger partial charge in [-0.15, -0.1) is 0 Å². The van der Waals surface area contributed by atoms with E-state index in [2.05, 4.69) is 5.32 Å². The first-order valence-electron chi connectivity index (χ1n) is 5.53. The van der Waals surface area contributed by atoms with Crippen molar-refractivity contribution in [1.29, 1.82) is 0 Å². The molecule has 1 aromatic carbocycles. The van der Waals surface area contributed by atoms with Gasteiger partial charge in [0.2, 0.25) is 5.91 Å². The Kier molecular flexibility index (Phi) is 5.51. The highest BCUT2D eigenvalue weighted by atomic mass is 32.2. The number of carboxylic acid groups (broad SMARTS) is 1. The highest BCUT2D eigenvalue weighted by Gasteiger charge is 2.11. The van der Waals surface area contributed by atoms with Crippen molar-refractivity contribution < 1.29 is 18.9 Å². The number of hydrogen-bond acceptors (Lipinski definition) is 3. The van der Waals surface area contributed by atoms with Crippen LogP contribution in [0.15, 0.2) is 29.2 Å². The van der Waals surface area contributed by atoms with Gasteiger partial charge in [-0.2, -0.15) is 0 Å². The Morgan fingerprint density at radius 1 is 1.39 bits per heavy atom. The molecule has 5 nitrogen and oxygen atoms in total. The van der Waals surface area contributed by atoms with Gasteiger partial charge in [0.1, 0.15) is 5.75 Å². The van der Waals surface area contributed by atoms with Gasteiger partial charge in [-0.05, 0) is 24.6 Å². The molecule has 0 aliphatic carbocycles. The summed E-state index contributed by atoms with van der Waals surface area (Å²) in [6.07, 6.45) is 0.812. The van der Waals surface area contributed by atoms with Crippen LogP contribution in [0, 0.1) is 0 Å². The van der Waals surface area contributed by atoms with Crippen molar-refractivity contribution >= 4 is 22.7 Å². The molecular formula is C12H15NO4S. The molecule has 6 heteroatoms. The quantitative estimate of drug-likeness (QED) is 0.807. The van der Waals surface area contributed by atoms with Gasteiger partial charge in [0.05, 0.1) is 16.4 Å². The summed E-state index contributed by atoms with van der Waals surface area (Å²) in [7, 11) is -1.52. The van der Waals surface area contributed by atoms with Crippen LogP contribution in [0.2, 0.25) is 0 Å². The number of benzene rings is 1. The van der Waals surface area contributed by atoms with Gasteiger partial charge in [-0.1, -0.05) is 13.0 Å². The number of carbonyl (C=O) groups is 2. The second kappa shape index (κ2) is 6.90. The third-order valence-electron chi connectivity index (χ3n) is 2.18. The predicted octanol–water partition coefficient (Wildman–Crippen LogP) is 1.02. The molecular weight excluding hydrogens is 254 g/mol. The number of aromatic carboxylic acids is 1. The maximum atomic E-state index is 11.9. The van der Waals surface area contributed by atoms with Crippen LogP contribution in [0.25, 0.3) is 0 Å². The van der Waals surface area contributed by atoms with Crippen LogP contribution >= 0.6 is 0 Å². The van der Waals surface area contributed by atoms with E-state index in [-0.39, 0.29) is 17.2 Å². The molecule has 0 fully saturated rings. The first kappa shape index (κ1) is 14.4. The number of rotatable bonds is 6. The third-order valence-corrected chi connectivity index (χ3v) is 3.48. The molecule has 1 rings (SSSR count). The Hall–Kier alpha value is -1.69. The van der Waals surface area contributed by atoms with Crippen LogP contribution in [0.1, 0.15) is 23.7 Å². The molecule has 2 N–H and O–H groups in total. The van der Waals surface area contributed by atoms with Crippen molar-refractivity contribution in [3.05, 3.63) is 29.8 Å². The molecule has 0 saturated carbocycles. The van der Waals surface area contributed by atoms with E-state index in [4.69, 9.17) is 5.11 Å². The lowest BCUT2D eigenvalue weighted by molar-refractivity contribution is -0.118. The summed E-state index contributed by atoms with van der Waals surface area (Å²) in [5.74, 6) is -1.52. The van der Waals surface area contributed by atoms with Crippen LogP contribution in [-0.4, -0.2) is 33.5 Å². The average molecular weight is 269 g/mol. The lowest BCUT2D eigenvalue weighted by Gasteiger charge is -2.04. The topological polar surface area (TPSA) is 83.5 Å². The Morgan fingerprint density at radius 2 is 2.11 bits per heavy atom. The largest absolute Gasteiger partial charge is 0.478 e. The summed E-state index contributed by atoms with van der Waals surface area (Å²) >= 11 is 0. The van der Waals surface area contributed by atoms with Gasteiger partial charge >= 0.3 is 5.97 Å². The minimum Gasteiger partial charge on any atom is -0.478 e. The number of nitrogens with one attached hydrogen (secondary N) is 1. The lowest BCUT2D eigenvalue weighted by atomic mass is 10.2. The number of carbonyl (C=O) groups excluding carboxylic acids is 1. The number of hydrogen-bond donors (Lipinski definition) is 2. The molecule has 0 aromatic heterocycles. The molecule has 1 aromatic rings. The van der Waals surface area contributed by atoms with Crippen molar-refractivity contribution in [1.82, 2.24) is 5.32 Å². The summed E-state index contributed by atoms with van der Waals surface area (Å²) in [4.78, 5) is 22.5. The smallest absolute Gasteiger partial charge is 0.335 e. The zero-order valence-corrected chi connectivity index (χ0v) is 10.8. The second-order valence-electron chi connectivity index (χ2n) is 3.67. The van der Waals surface area contributed by atoms with Gasteiger partial charge < -0.3 is 10.4 Å². The second-order valence-corrected chi connectivity index (χ2v) is 5.12. The molecule has 0 aliphatic heterocycles. The molecule has 1 atom stereocenters. The van der Waals surface area contributed by atoms with Crippen molar-refractivity contribution in [2.75, 3.05) is 12.3 Å². The Labute approximate surface area is 108 Å². The van der Waals surface area contributed by atoms with Crippen molar-refractivity contribution in [3.8, 4) is 0 Å². The predicted molar refractivity (Wildman–Crippen MR) is 68.0 cm³/mol. The average Bonchev–Trinajstić information content (AvgIpc) is 2.36. The maximum Gasteiger partial charge on any atom is 0.335 e. The van der Waals surface area contributed by atoms with E-state index >= 15 is 0 Å². The van der Waals surface area contributed by atoms with Crippen molar-refractivity contribution in [2.24, 2.45) is 0 Å². The summed E-state index contributed by atoms with van der Waals surface area (Å²) in [5, 5.41) is 11.4. The van der Waals surface area contributed by atoms with Crippen molar-refractivity contribution in [2.45, 2.75) is 18.2 Å². The highest BCUT2D eigenvalue weighted by molar-refractivity contribution is 7.85. The van der Waals surface area contributed by atoms with E-state index in [1.54, 1.807) is 6.07 Å². The van der Waals surface area contributed by atoms with Gasteiger partial charge in [0.15, 0.2) is 0 Å². The van der Waals surface area contributed by atoms with Gasteiger partial charge in [-0.25, -0.2) is 4.79 Å². The normalized spacial score (nSPS) is 11.8. The standard InChI is InChI=1S/C12H15NO4S/c1-2-6-13-11(14)8-18(17)10-5-3-4-9(7-10)12(15)16/h3-5,7H,2,6,8H2,1H3,(H,13,14)(H,15,16). The molecule has 1 unspecified atom stereocenters. The fraction of sp³-hybridized carbons (Fsp3) is 0.333. The molecule has 1 amide bonds. The van der Waals surface area contributed by atoms with Crippen LogP contribution in [0.4, 0.5) is 0 Å². The summed E-state index contributed by atoms with van der Waals surface area (Å²) in [6, 6.07) is 5.81. The highest BCUT2D eigenvalue weighted by Crippen LogP contribution is 2.10. The number of amides is 1. The van der Waals surface area contributed by atoms with Crippen molar-refractivity contribution in [3.63, 3.8) is 0 Å². The van der Waals surface area contributed by atoms with E-state index < -0.39 is 16.8 Å². The molecule has 0 radical (unpaired) electrons. The minimum absolute atomic E-state index is 0.0646. The number of carboxylic acids is 1. The Bertz CT molecular complexity index is 473. The Morgan fingerprint density at radius 3 is 2.72 bits per heavy atom. The molecule has 98 valence electrons. The van der Waals surface area contributed by atoms with Gasteiger partial charge in [-0.3, -0.25) is 9.00 Å². The fourth-order valence-electron chi connectivity index (χ4n) is 1.29. The van der Waals surface area contributed by atoms with Crippen LogP contribution < -0.4 is 5.32 Å². The molecule has 0 heterocycles. The van der Waals surface area contributed by atoms with E-state index in [0.29, 0.717) is 11.4 Å². The SMILES string of the molecule is CCCNC(=O)CS(=O)c1cccc(C(=O)O)c1. The van der Waals surface area contributed by atoms with Crippen LogP contribution in [0.3, 0.4) is 0 Å². The molecule has 0 bridgehead atoms. The minimum atomic E-state index is -1.52. The van der Waals surface area contributed by atoms with Crippen LogP contribution in [-0.2, 0) is 15.6 Å². The van der Waals surface area contributed by atoms with Gasteiger partial charge in [0, 0.05) is 11.4 Å². The monoisotopic (exact) mass is 269 g/mol. The first-order valence-corrected chi connectivity index (χ1v) is 6.85. The molecule has 0 aliphatic rings. The lowest BCUT2D eigenvalue weighted by Crippen LogP contribution is -2.28. The third kappa shape index (κ3) is 4.29. The van der Waals surface area contributed by atoms with Crippen LogP contribution in [0.5, 0.6) is 0 Å². The van der Waals surface area contributed by atoms with E-state index in [1.165, 1.54) is 18.2 Å². The Balaban J connectivity index is 2.69. The van der Waals surface area contributed by atoms with E-state index in [1.807, 2.05) is 6.92 Å². The first-order chi connectivity index (χ1) is 8.54. The van der Waals surface area contributed by atoms with E-state index in [0.717, 1.165) is 6.42 Å². The molecule has 0 spiro atoms. The zero-order valence-electron chi connectivity index (χ0n) is 10.0. The summed E-state index contributed by atoms with van der Waals surface area (Å²) in [6.45, 7) is 2.47. The summed E-state index contributed by atoms with van der Waals surface area (Å²) < 4.78 is 11.9. The fourth-order valence-corrected chi connectivity index (χ4v) is 2.28.